The average molecular weight is 324 g/mol. The number of rotatable bonds is 2. The molecule has 0 saturated heterocycles. The molecule has 1 atom stereocenters. The van der Waals surface area contributed by atoms with Crippen LogP contribution in [0.4, 0.5) is 0 Å². The molecule has 1 unspecified atom stereocenters. The summed E-state index contributed by atoms with van der Waals surface area (Å²) in [5.41, 5.74) is 5.27. The Hall–Kier alpha value is -2.33. The van der Waals surface area contributed by atoms with Gasteiger partial charge in [0.15, 0.2) is 0 Å². The topological polar surface area (TPSA) is 61.4 Å². The van der Waals surface area contributed by atoms with Gasteiger partial charge < -0.3 is 15.7 Å². The van der Waals surface area contributed by atoms with Gasteiger partial charge in [-0.3, -0.25) is 4.79 Å². The minimum Gasteiger partial charge on any atom is -0.508 e. The Bertz CT molecular complexity index is 700. The van der Waals surface area contributed by atoms with Gasteiger partial charge in [0.2, 0.25) is 6.41 Å². The fourth-order valence-electron chi connectivity index (χ4n) is 3.48. The van der Waals surface area contributed by atoms with Crippen LogP contribution in [-0.4, -0.2) is 18.1 Å². The standard InChI is InChI=1S/C11H13NO.C9H11NO/c13-8-12-11-7-3-5-9-4-1-2-6-10(9)11;11-9-2-1-7-3-4-10-6-8(7)5-9/h1-2,4,6,8,11H,3,5,7H2,(H,12,13);1-2,5,10-11H,3-4,6H2. The van der Waals surface area contributed by atoms with Gasteiger partial charge in [-0.15, -0.1) is 0 Å². The molecular weight excluding hydrogens is 300 g/mol. The van der Waals surface area contributed by atoms with E-state index >= 15 is 0 Å². The van der Waals surface area contributed by atoms with E-state index < -0.39 is 0 Å². The van der Waals surface area contributed by atoms with Crippen LogP contribution in [0.5, 0.6) is 5.75 Å². The van der Waals surface area contributed by atoms with Gasteiger partial charge in [0, 0.05) is 6.54 Å². The van der Waals surface area contributed by atoms with Gasteiger partial charge >= 0.3 is 0 Å². The molecule has 0 aromatic heterocycles. The van der Waals surface area contributed by atoms with Crippen LogP contribution >= 0.6 is 0 Å². The Morgan fingerprint density at radius 1 is 1.08 bits per heavy atom. The summed E-state index contributed by atoms with van der Waals surface area (Å²) in [7, 11) is 0. The number of nitrogens with one attached hydrogen (secondary N) is 2. The smallest absolute Gasteiger partial charge is 0.207 e. The van der Waals surface area contributed by atoms with Crippen molar-refractivity contribution in [2.45, 2.75) is 38.3 Å². The Kier molecular flexibility index (Phi) is 5.49. The molecule has 3 N–H and O–H groups in total. The van der Waals surface area contributed by atoms with Crippen LogP contribution in [0.25, 0.3) is 0 Å². The van der Waals surface area contributed by atoms with Crippen molar-refractivity contribution in [1.29, 1.82) is 0 Å². The number of aryl methyl sites for hydroxylation is 1. The van der Waals surface area contributed by atoms with E-state index in [1.54, 1.807) is 6.07 Å². The number of fused-ring (bicyclic) bond motifs is 2. The molecule has 0 fully saturated rings. The van der Waals surface area contributed by atoms with Crippen LogP contribution in [0.1, 0.15) is 41.1 Å². The number of phenols is 1. The van der Waals surface area contributed by atoms with E-state index in [1.807, 2.05) is 18.2 Å². The molecule has 126 valence electrons. The first-order valence-corrected chi connectivity index (χ1v) is 8.57. The maximum absolute atomic E-state index is 10.4. The molecule has 0 spiro atoms. The van der Waals surface area contributed by atoms with Crippen LogP contribution in [0, 0.1) is 0 Å². The lowest BCUT2D eigenvalue weighted by molar-refractivity contribution is -0.110. The van der Waals surface area contributed by atoms with Crippen LogP contribution in [-0.2, 0) is 24.2 Å². The number of phenolic OH excluding ortho intramolecular Hbond substituents is 1. The molecule has 2 aromatic carbocycles. The number of amides is 1. The van der Waals surface area contributed by atoms with Crippen molar-refractivity contribution < 1.29 is 9.90 Å². The maximum atomic E-state index is 10.4. The van der Waals surface area contributed by atoms with Gasteiger partial charge in [-0.05, 0) is 66.6 Å². The van der Waals surface area contributed by atoms with Crippen molar-refractivity contribution in [3.05, 3.63) is 64.7 Å². The molecule has 1 heterocycles. The highest BCUT2D eigenvalue weighted by atomic mass is 16.3. The summed E-state index contributed by atoms with van der Waals surface area (Å²) in [5, 5.41) is 15.3. The van der Waals surface area contributed by atoms with Gasteiger partial charge in [-0.2, -0.15) is 0 Å². The Morgan fingerprint density at radius 3 is 2.83 bits per heavy atom. The van der Waals surface area contributed by atoms with Crippen molar-refractivity contribution in [3.63, 3.8) is 0 Å². The van der Waals surface area contributed by atoms with Crippen LogP contribution in [0.15, 0.2) is 42.5 Å². The second-order valence-corrected chi connectivity index (χ2v) is 6.31. The maximum Gasteiger partial charge on any atom is 0.207 e. The number of aromatic hydroxyl groups is 1. The highest BCUT2D eigenvalue weighted by molar-refractivity contribution is 5.49. The lowest BCUT2D eigenvalue weighted by Gasteiger charge is -2.24. The van der Waals surface area contributed by atoms with Crippen molar-refractivity contribution in [2.75, 3.05) is 6.54 Å². The fraction of sp³-hybridized carbons (Fsp3) is 0.350. The summed E-state index contributed by atoms with van der Waals surface area (Å²) < 4.78 is 0. The van der Waals surface area contributed by atoms with E-state index in [0.717, 1.165) is 38.8 Å². The van der Waals surface area contributed by atoms with Crippen molar-refractivity contribution >= 4 is 6.41 Å². The third kappa shape index (κ3) is 3.95. The second-order valence-electron chi connectivity index (χ2n) is 6.31. The zero-order valence-electron chi connectivity index (χ0n) is 13.8. The number of benzene rings is 2. The van der Waals surface area contributed by atoms with Crippen LogP contribution in [0.3, 0.4) is 0 Å². The number of carbonyl (C=O) groups excluding carboxylic acids is 1. The predicted molar refractivity (Wildman–Crippen MR) is 94.8 cm³/mol. The largest absolute Gasteiger partial charge is 0.508 e. The van der Waals surface area contributed by atoms with Gasteiger partial charge in [-0.25, -0.2) is 0 Å². The summed E-state index contributed by atoms with van der Waals surface area (Å²) >= 11 is 0. The molecule has 1 amide bonds. The third-order valence-electron chi connectivity index (χ3n) is 4.72. The van der Waals surface area contributed by atoms with Crippen LogP contribution < -0.4 is 10.6 Å². The lowest BCUT2D eigenvalue weighted by atomic mass is 9.88. The molecule has 1 aliphatic heterocycles. The van der Waals surface area contributed by atoms with Crippen molar-refractivity contribution in [3.8, 4) is 5.75 Å². The average Bonchev–Trinajstić information content (AvgIpc) is 2.63. The van der Waals surface area contributed by atoms with E-state index in [4.69, 9.17) is 5.11 Å². The summed E-state index contributed by atoms with van der Waals surface area (Å²) in [5.74, 6) is 0.368. The molecule has 1 aliphatic carbocycles. The van der Waals surface area contributed by atoms with E-state index in [0.29, 0.717) is 5.75 Å². The number of carbonyl (C=O) groups is 1. The first-order chi connectivity index (χ1) is 11.8. The summed E-state index contributed by atoms with van der Waals surface area (Å²) in [6.45, 7) is 1.95. The molecule has 2 aromatic rings. The molecular formula is C20H24N2O2. The molecule has 0 bridgehead atoms. The number of hydrogen-bond donors (Lipinski definition) is 3. The van der Waals surface area contributed by atoms with Crippen molar-refractivity contribution in [2.24, 2.45) is 0 Å². The number of hydrogen-bond acceptors (Lipinski definition) is 3. The zero-order valence-corrected chi connectivity index (χ0v) is 13.8. The highest BCUT2D eigenvalue weighted by Gasteiger charge is 2.18. The van der Waals surface area contributed by atoms with E-state index in [2.05, 4.69) is 28.8 Å². The van der Waals surface area contributed by atoms with E-state index in [9.17, 15) is 4.79 Å². The normalized spacial score (nSPS) is 18.4. The Balaban J connectivity index is 0.000000143. The van der Waals surface area contributed by atoms with Gasteiger partial charge in [0.25, 0.3) is 0 Å². The van der Waals surface area contributed by atoms with Gasteiger partial charge in [0.05, 0.1) is 6.04 Å². The highest BCUT2D eigenvalue weighted by Crippen LogP contribution is 2.28. The Morgan fingerprint density at radius 2 is 1.96 bits per heavy atom. The summed E-state index contributed by atoms with van der Waals surface area (Å²) in [6.07, 6.45) is 5.26. The Labute approximate surface area is 142 Å². The first-order valence-electron chi connectivity index (χ1n) is 8.57. The third-order valence-corrected chi connectivity index (χ3v) is 4.72. The predicted octanol–water partition coefficient (Wildman–Crippen LogP) is 2.85. The summed E-state index contributed by atoms with van der Waals surface area (Å²) in [4.78, 5) is 10.4. The van der Waals surface area contributed by atoms with Crippen molar-refractivity contribution in [1.82, 2.24) is 10.6 Å². The second kappa shape index (κ2) is 7.97. The SMILES string of the molecule is O=CNC1CCCc2ccccc21.Oc1ccc2c(c1)CNCC2. The molecule has 2 aliphatic rings. The monoisotopic (exact) mass is 324 g/mol. The molecule has 4 heteroatoms. The molecule has 0 radical (unpaired) electrons. The molecule has 4 rings (SSSR count). The minimum absolute atomic E-state index is 0.238. The van der Waals surface area contributed by atoms with E-state index in [1.165, 1.54) is 28.7 Å². The molecule has 4 nitrogen and oxygen atoms in total. The van der Waals surface area contributed by atoms with Gasteiger partial charge in [0.1, 0.15) is 5.75 Å². The minimum atomic E-state index is 0.238. The zero-order chi connectivity index (χ0) is 16.8. The van der Waals surface area contributed by atoms with E-state index in [-0.39, 0.29) is 6.04 Å². The molecule has 0 saturated carbocycles. The fourth-order valence-corrected chi connectivity index (χ4v) is 3.48. The van der Waals surface area contributed by atoms with Gasteiger partial charge in [-0.1, -0.05) is 30.3 Å². The summed E-state index contributed by atoms with van der Waals surface area (Å²) in [6, 6.07) is 14.2. The lowest BCUT2D eigenvalue weighted by Crippen LogP contribution is -2.23. The molecule has 24 heavy (non-hydrogen) atoms. The first kappa shape index (κ1) is 16.5. The van der Waals surface area contributed by atoms with Crippen LogP contribution in [0.2, 0.25) is 0 Å². The quantitative estimate of drug-likeness (QED) is 0.745.